The smallest absolute Gasteiger partial charge is 0.451 e. The van der Waals surface area contributed by atoms with Gasteiger partial charge in [-0.15, -0.1) is 0 Å². The lowest BCUT2D eigenvalue weighted by atomic mass is 10.2. The van der Waals surface area contributed by atoms with Crippen molar-refractivity contribution in [1.29, 1.82) is 5.39 Å². The predicted molar refractivity (Wildman–Crippen MR) is 90.7 cm³/mol. The quantitative estimate of drug-likeness (QED) is 0.394. The molecule has 0 aliphatic heterocycles. The van der Waals surface area contributed by atoms with Gasteiger partial charge in [-0.2, -0.15) is 18.3 Å². The van der Waals surface area contributed by atoms with Crippen LogP contribution in [0.4, 0.5) is 24.7 Å². The van der Waals surface area contributed by atoms with Crippen molar-refractivity contribution in [3.05, 3.63) is 76.4 Å². The summed E-state index contributed by atoms with van der Waals surface area (Å²) in [6.45, 7) is 1.53. The second-order valence-corrected chi connectivity index (χ2v) is 5.60. The molecule has 0 atom stereocenters. The monoisotopic (exact) mass is 371 g/mol. The highest BCUT2D eigenvalue weighted by molar-refractivity contribution is 5.93. The van der Waals surface area contributed by atoms with Crippen LogP contribution in [0.2, 0.25) is 0 Å². The maximum Gasteiger partial charge on any atom is 0.451 e. The van der Waals surface area contributed by atoms with E-state index in [0.717, 1.165) is 16.8 Å². The second-order valence-electron chi connectivity index (χ2n) is 5.60. The third-order valence-electron chi connectivity index (χ3n) is 3.77. The average Bonchev–Trinajstić information content (AvgIpc) is 2.97. The number of hydrogen-bond acceptors (Lipinski definition) is 4. The molecular weight excluding hydrogens is 359 g/mol. The van der Waals surface area contributed by atoms with E-state index in [-0.39, 0.29) is 22.9 Å². The van der Waals surface area contributed by atoms with Crippen LogP contribution in [0.15, 0.2) is 59.6 Å². The Balaban J connectivity index is 2.11. The Hall–Kier alpha value is -3.67. The van der Waals surface area contributed by atoms with Crippen LogP contribution in [-0.2, 0) is 6.18 Å². The van der Waals surface area contributed by atoms with Gasteiger partial charge in [-0.05, 0) is 42.7 Å². The summed E-state index contributed by atoms with van der Waals surface area (Å²) >= 11 is 0. The first-order valence-electron chi connectivity index (χ1n) is 7.74. The third-order valence-corrected chi connectivity index (χ3v) is 3.77. The molecule has 2 aromatic carbocycles. The molecule has 136 valence electrons. The number of aryl methyl sites for hydroxylation is 1. The fraction of sp³-hybridized carbons (Fsp3) is 0.111. The van der Waals surface area contributed by atoms with Crippen molar-refractivity contribution in [3.63, 3.8) is 0 Å². The lowest BCUT2D eigenvalue weighted by Crippen LogP contribution is -2.18. The van der Waals surface area contributed by atoms with Gasteiger partial charge < -0.3 is 5.11 Å². The van der Waals surface area contributed by atoms with Crippen LogP contribution in [-0.4, -0.2) is 15.7 Å². The number of aromatic nitrogens is 2. The first-order chi connectivity index (χ1) is 12.8. The first-order valence-corrected chi connectivity index (χ1v) is 7.74. The standard InChI is InChI=1S/C18H12F3N5O/c1-11-15(24-22)16(23-17(27)12-5-3-2-4-6-12)26(25-11)14-9-7-13(8-10-14)18(19,20)21/h2-10H,1H3. The van der Waals surface area contributed by atoms with Gasteiger partial charge in [0.25, 0.3) is 5.82 Å². The van der Waals surface area contributed by atoms with Crippen molar-refractivity contribution < 1.29 is 18.3 Å². The van der Waals surface area contributed by atoms with E-state index in [1.807, 2.05) is 0 Å². The van der Waals surface area contributed by atoms with Gasteiger partial charge in [-0.3, -0.25) is 0 Å². The van der Waals surface area contributed by atoms with Crippen LogP contribution < -0.4 is 5.11 Å². The maximum absolute atomic E-state index is 12.8. The molecule has 0 aliphatic rings. The molecule has 6 nitrogen and oxygen atoms in total. The molecule has 0 amide bonds. The summed E-state index contributed by atoms with van der Waals surface area (Å²) in [5.41, 5.74) is -0.0583. The van der Waals surface area contributed by atoms with E-state index in [4.69, 9.17) is 0 Å². The van der Waals surface area contributed by atoms with Gasteiger partial charge in [0.1, 0.15) is 0 Å². The van der Waals surface area contributed by atoms with Gasteiger partial charge in [-0.1, -0.05) is 30.3 Å². The number of rotatable bonds is 3. The highest BCUT2D eigenvalue weighted by Gasteiger charge is 2.31. The first kappa shape index (κ1) is 18.1. The van der Waals surface area contributed by atoms with Crippen LogP contribution in [0, 0.1) is 12.3 Å². The Morgan fingerprint density at radius 3 is 2.30 bits per heavy atom. The zero-order valence-electron chi connectivity index (χ0n) is 14.0. The van der Waals surface area contributed by atoms with Crippen LogP contribution in [0.5, 0.6) is 0 Å². The fourth-order valence-electron chi connectivity index (χ4n) is 2.44. The minimum absolute atomic E-state index is 0.0424. The van der Waals surface area contributed by atoms with Crippen molar-refractivity contribution in [1.82, 2.24) is 9.78 Å². The van der Waals surface area contributed by atoms with E-state index in [1.54, 1.807) is 30.3 Å². The van der Waals surface area contributed by atoms with Crippen molar-refractivity contribution in [3.8, 4) is 5.69 Å². The van der Waals surface area contributed by atoms with Crippen LogP contribution in [0.1, 0.15) is 16.8 Å². The second kappa shape index (κ2) is 6.92. The van der Waals surface area contributed by atoms with Gasteiger partial charge in [0.05, 0.1) is 11.3 Å². The van der Waals surface area contributed by atoms with E-state index in [2.05, 4.69) is 15.1 Å². The van der Waals surface area contributed by atoms with Gasteiger partial charge in [-0.25, -0.2) is 9.67 Å². The molecule has 0 unspecified atom stereocenters. The van der Waals surface area contributed by atoms with Crippen molar-refractivity contribution >= 4 is 17.4 Å². The molecule has 0 fully saturated rings. The number of alkyl halides is 3. The van der Waals surface area contributed by atoms with Gasteiger partial charge in [0.2, 0.25) is 5.39 Å². The number of hydrogen-bond donors (Lipinski definition) is 0. The summed E-state index contributed by atoms with van der Waals surface area (Å²) in [5.74, 6) is -0.683. The minimum atomic E-state index is -4.47. The minimum Gasteiger partial charge on any atom is -0.858 e. The van der Waals surface area contributed by atoms with Crippen LogP contribution >= 0.6 is 0 Å². The normalized spacial score (nSPS) is 12.0. The molecule has 0 saturated heterocycles. The Kier molecular flexibility index (Phi) is 4.64. The summed E-state index contributed by atoms with van der Waals surface area (Å²) in [7, 11) is 0. The number of nitrogens with zero attached hydrogens (tertiary/aromatic N) is 5. The molecule has 3 rings (SSSR count). The lowest BCUT2D eigenvalue weighted by molar-refractivity contribution is -0.212. The van der Waals surface area contributed by atoms with Gasteiger partial charge >= 0.3 is 11.9 Å². The molecule has 9 heteroatoms. The van der Waals surface area contributed by atoms with Gasteiger partial charge in [0, 0.05) is 0 Å². The average molecular weight is 371 g/mol. The summed E-state index contributed by atoms with van der Waals surface area (Å²) < 4.78 is 39.4. The number of benzene rings is 2. The van der Waals surface area contributed by atoms with Crippen molar-refractivity contribution in [2.45, 2.75) is 13.1 Å². The van der Waals surface area contributed by atoms with E-state index in [9.17, 15) is 23.7 Å². The predicted octanol–water partition coefficient (Wildman–Crippen LogP) is 4.12. The number of aliphatic imine (C=N–C) groups is 1. The van der Waals surface area contributed by atoms with E-state index >= 15 is 0 Å². The summed E-state index contributed by atoms with van der Waals surface area (Å²) in [5, 5.41) is 25.8. The Labute approximate surface area is 151 Å². The largest absolute Gasteiger partial charge is 0.858 e. The zero-order chi connectivity index (χ0) is 19.6. The van der Waals surface area contributed by atoms with E-state index in [0.29, 0.717) is 5.56 Å². The van der Waals surface area contributed by atoms with Crippen LogP contribution in [0.25, 0.3) is 10.7 Å². The van der Waals surface area contributed by atoms with Crippen molar-refractivity contribution in [2.24, 2.45) is 4.99 Å². The van der Waals surface area contributed by atoms with E-state index < -0.39 is 17.6 Å². The molecule has 0 bridgehead atoms. The fourth-order valence-corrected chi connectivity index (χ4v) is 2.44. The molecule has 0 N–H and O–H groups in total. The number of halogens is 3. The Morgan fingerprint density at radius 2 is 1.74 bits per heavy atom. The molecule has 0 saturated carbocycles. The third kappa shape index (κ3) is 3.64. The molecule has 1 aromatic heterocycles. The summed E-state index contributed by atoms with van der Waals surface area (Å²) in [4.78, 5) is 7.06. The highest BCUT2D eigenvalue weighted by atomic mass is 19.4. The SMILES string of the molecule is Cc1nn(-c2ccc(C(F)(F)F)cc2)c(N=C([O-])c2ccccc2)c1[N+]#N. The van der Waals surface area contributed by atoms with Gasteiger partial charge in [0.15, 0.2) is 10.7 Å². The lowest BCUT2D eigenvalue weighted by Gasteiger charge is -2.11. The topological polar surface area (TPSA) is 81.4 Å². The zero-order valence-corrected chi connectivity index (χ0v) is 14.0. The molecule has 3 aromatic rings. The summed E-state index contributed by atoms with van der Waals surface area (Å²) in [6.07, 6.45) is -4.47. The van der Waals surface area contributed by atoms with E-state index in [1.165, 1.54) is 19.1 Å². The Bertz CT molecular complexity index is 1030. The molecule has 0 radical (unpaired) electrons. The number of diazo groups is 1. The summed E-state index contributed by atoms with van der Waals surface area (Å²) in [6, 6.07) is 12.4. The van der Waals surface area contributed by atoms with Crippen molar-refractivity contribution in [2.75, 3.05) is 0 Å². The molecule has 1 heterocycles. The molecule has 0 aliphatic carbocycles. The highest BCUT2D eigenvalue weighted by Crippen LogP contribution is 2.35. The maximum atomic E-state index is 12.8. The van der Waals surface area contributed by atoms with Crippen LogP contribution in [0.3, 0.4) is 0 Å². The Morgan fingerprint density at radius 1 is 1.11 bits per heavy atom. The molecular formula is C18H12F3N5O. The molecule has 27 heavy (non-hydrogen) atoms. The molecule has 0 spiro atoms.